The van der Waals surface area contributed by atoms with Crippen LogP contribution in [-0.4, -0.2) is 5.11 Å². The monoisotopic (exact) mass is 258 g/mol. The number of phenols is 1. The van der Waals surface area contributed by atoms with Gasteiger partial charge in [-0.05, 0) is 43.4 Å². The Morgan fingerprint density at radius 2 is 2.25 bits per heavy atom. The molecular formula is C19H14O. The van der Waals surface area contributed by atoms with Gasteiger partial charge in [-0.25, -0.2) is 0 Å². The number of phenolic OH excluding ortho intramolecular Hbond substituents is 1. The Hall–Kier alpha value is -2.90. The van der Waals surface area contributed by atoms with Gasteiger partial charge in [0.15, 0.2) is 0 Å². The zero-order chi connectivity index (χ0) is 14.4. The van der Waals surface area contributed by atoms with E-state index in [2.05, 4.69) is 29.5 Å². The lowest BCUT2D eigenvalue weighted by atomic mass is 9.96. The standard InChI is InChI=1S/C19H14O/c1-3-5-10-15(4-2)17-13-9-14-18(19(17)20)16-11-7-6-8-12-16/h4,6-7,9-11,13-14,20H,1H2,2H3/b15-4+. The SMILES string of the molecule is C=C=C=C/C(=C\C)c1cccc(C2=C=C=CC=C2)c1O. The molecule has 20 heavy (non-hydrogen) atoms. The van der Waals surface area contributed by atoms with Crippen LogP contribution in [0.2, 0.25) is 0 Å². The summed E-state index contributed by atoms with van der Waals surface area (Å²) < 4.78 is 0. The summed E-state index contributed by atoms with van der Waals surface area (Å²) in [5.41, 5.74) is 14.4. The minimum Gasteiger partial charge on any atom is -0.507 e. The van der Waals surface area contributed by atoms with Gasteiger partial charge in [0.25, 0.3) is 0 Å². The molecule has 0 bridgehead atoms. The molecule has 0 aromatic heterocycles. The van der Waals surface area contributed by atoms with E-state index in [1.54, 1.807) is 12.2 Å². The second-order valence-corrected chi connectivity index (χ2v) is 4.12. The van der Waals surface area contributed by atoms with E-state index < -0.39 is 0 Å². The first-order valence-electron chi connectivity index (χ1n) is 6.26. The van der Waals surface area contributed by atoms with Gasteiger partial charge >= 0.3 is 0 Å². The third-order valence-corrected chi connectivity index (χ3v) is 2.93. The number of hydrogen-bond acceptors (Lipinski definition) is 1. The Labute approximate surface area is 118 Å². The molecule has 0 saturated heterocycles. The molecule has 1 N–H and O–H groups in total. The molecule has 0 saturated carbocycles. The van der Waals surface area contributed by atoms with Crippen LogP contribution in [0.15, 0.2) is 78.1 Å². The molecule has 0 amide bonds. The molecule has 1 aromatic rings. The Bertz CT molecular complexity index is 777. The lowest BCUT2D eigenvalue weighted by molar-refractivity contribution is 0.472. The smallest absolute Gasteiger partial charge is 0.131 e. The molecule has 1 aliphatic carbocycles. The summed E-state index contributed by atoms with van der Waals surface area (Å²) in [7, 11) is 0. The van der Waals surface area contributed by atoms with Crippen LogP contribution in [0.1, 0.15) is 18.1 Å². The summed E-state index contributed by atoms with van der Waals surface area (Å²) in [6.07, 6.45) is 9.19. The van der Waals surface area contributed by atoms with Crippen LogP contribution < -0.4 is 0 Å². The number of allylic oxidation sites excluding steroid dienone is 7. The Balaban J connectivity index is 2.61. The van der Waals surface area contributed by atoms with Crippen molar-refractivity contribution in [3.63, 3.8) is 0 Å². The van der Waals surface area contributed by atoms with Gasteiger partial charge in [0.2, 0.25) is 0 Å². The maximum absolute atomic E-state index is 10.5. The molecule has 0 radical (unpaired) electrons. The first-order chi connectivity index (χ1) is 9.77. The Morgan fingerprint density at radius 3 is 2.90 bits per heavy atom. The largest absolute Gasteiger partial charge is 0.507 e. The van der Waals surface area contributed by atoms with Crippen molar-refractivity contribution in [2.75, 3.05) is 0 Å². The lowest BCUT2D eigenvalue weighted by Gasteiger charge is -2.10. The van der Waals surface area contributed by atoms with Crippen molar-refractivity contribution < 1.29 is 5.11 Å². The average Bonchev–Trinajstić information content (AvgIpc) is 2.50. The van der Waals surface area contributed by atoms with E-state index in [0.29, 0.717) is 0 Å². The predicted molar refractivity (Wildman–Crippen MR) is 83.1 cm³/mol. The topological polar surface area (TPSA) is 20.2 Å². The average molecular weight is 258 g/mol. The van der Waals surface area contributed by atoms with Crippen molar-refractivity contribution in [3.8, 4) is 5.75 Å². The van der Waals surface area contributed by atoms with Crippen LogP contribution in [0.25, 0.3) is 11.1 Å². The van der Waals surface area contributed by atoms with E-state index in [-0.39, 0.29) is 5.75 Å². The molecule has 1 aliphatic rings. The molecule has 0 unspecified atom stereocenters. The summed E-state index contributed by atoms with van der Waals surface area (Å²) in [6, 6.07) is 5.63. The zero-order valence-electron chi connectivity index (χ0n) is 11.3. The van der Waals surface area contributed by atoms with Crippen LogP contribution in [0.4, 0.5) is 0 Å². The van der Waals surface area contributed by atoms with E-state index in [4.69, 9.17) is 0 Å². The van der Waals surface area contributed by atoms with Gasteiger partial charge in [0.1, 0.15) is 5.75 Å². The highest BCUT2D eigenvalue weighted by Gasteiger charge is 2.11. The fraction of sp³-hybridized carbons (Fsp3) is 0.0526. The van der Waals surface area contributed by atoms with Gasteiger partial charge < -0.3 is 5.11 Å². The quantitative estimate of drug-likeness (QED) is 0.622. The second kappa shape index (κ2) is 6.32. The van der Waals surface area contributed by atoms with Crippen LogP contribution in [0.3, 0.4) is 0 Å². The van der Waals surface area contributed by atoms with Crippen molar-refractivity contribution in [1.29, 1.82) is 0 Å². The maximum atomic E-state index is 10.5. The van der Waals surface area contributed by atoms with Crippen molar-refractivity contribution in [2.45, 2.75) is 6.92 Å². The van der Waals surface area contributed by atoms with Crippen molar-refractivity contribution in [2.24, 2.45) is 0 Å². The van der Waals surface area contributed by atoms with E-state index in [1.165, 1.54) is 0 Å². The molecule has 0 aliphatic heterocycles. The molecule has 96 valence electrons. The van der Waals surface area contributed by atoms with Gasteiger partial charge in [-0.2, -0.15) is 0 Å². The third kappa shape index (κ3) is 2.74. The molecule has 1 heteroatoms. The van der Waals surface area contributed by atoms with Crippen LogP contribution in [0.5, 0.6) is 5.75 Å². The van der Waals surface area contributed by atoms with Gasteiger partial charge in [0, 0.05) is 16.7 Å². The summed E-state index contributed by atoms with van der Waals surface area (Å²) in [5.74, 6) is 0.221. The number of benzene rings is 1. The molecule has 0 atom stereocenters. The van der Waals surface area contributed by atoms with Crippen molar-refractivity contribution in [3.05, 3.63) is 89.2 Å². The minimum absolute atomic E-state index is 0.221. The van der Waals surface area contributed by atoms with Gasteiger partial charge in [0.05, 0.1) is 0 Å². The highest BCUT2D eigenvalue weighted by Crippen LogP contribution is 2.33. The summed E-state index contributed by atoms with van der Waals surface area (Å²) in [4.78, 5) is 0. The van der Waals surface area contributed by atoms with E-state index >= 15 is 0 Å². The summed E-state index contributed by atoms with van der Waals surface area (Å²) >= 11 is 0. The van der Waals surface area contributed by atoms with Gasteiger partial charge in [-0.3, -0.25) is 0 Å². The van der Waals surface area contributed by atoms with Crippen LogP contribution >= 0.6 is 0 Å². The summed E-state index contributed by atoms with van der Waals surface area (Å²) in [5, 5.41) is 10.5. The number of aromatic hydroxyl groups is 1. The van der Waals surface area contributed by atoms with Crippen LogP contribution in [0, 0.1) is 0 Å². The normalized spacial score (nSPS) is 12.7. The highest BCUT2D eigenvalue weighted by molar-refractivity contribution is 5.85. The zero-order valence-corrected chi connectivity index (χ0v) is 11.3. The fourth-order valence-electron chi connectivity index (χ4n) is 1.95. The third-order valence-electron chi connectivity index (χ3n) is 2.93. The van der Waals surface area contributed by atoms with Gasteiger partial charge in [-0.1, -0.05) is 47.2 Å². The Morgan fingerprint density at radius 1 is 1.40 bits per heavy atom. The maximum Gasteiger partial charge on any atom is 0.131 e. The summed E-state index contributed by atoms with van der Waals surface area (Å²) in [6.45, 7) is 5.39. The number of para-hydroxylation sites is 1. The van der Waals surface area contributed by atoms with E-state index in [1.807, 2.05) is 43.4 Å². The predicted octanol–water partition coefficient (Wildman–Crippen LogP) is 4.56. The number of hydrogen-bond donors (Lipinski definition) is 1. The van der Waals surface area contributed by atoms with Gasteiger partial charge in [-0.15, -0.1) is 0 Å². The van der Waals surface area contributed by atoms with Crippen molar-refractivity contribution in [1.82, 2.24) is 0 Å². The molecule has 0 heterocycles. The first-order valence-corrected chi connectivity index (χ1v) is 6.26. The molecule has 2 rings (SSSR count). The molecule has 0 spiro atoms. The van der Waals surface area contributed by atoms with E-state index in [0.717, 1.165) is 22.3 Å². The Kier molecular flexibility index (Phi) is 4.28. The van der Waals surface area contributed by atoms with E-state index in [9.17, 15) is 5.11 Å². The molecule has 1 aromatic carbocycles. The fourth-order valence-corrected chi connectivity index (χ4v) is 1.95. The second-order valence-electron chi connectivity index (χ2n) is 4.12. The molecular weight excluding hydrogens is 244 g/mol. The lowest BCUT2D eigenvalue weighted by Crippen LogP contribution is -1.88. The molecule has 1 nitrogen and oxygen atoms in total. The van der Waals surface area contributed by atoms with Crippen LogP contribution in [-0.2, 0) is 0 Å². The highest BCUT2D eigenvalue weighted by atomic mass is 16.3. The molecule has 0 fully saturated rings. The number of rotatable bonds is 3. The first kappa shape index (κ1) is 13.5. The minimum atomic E-state index is 0.221. The van der Waals surface area contributed by atoms with Crippen molar-refractivity contribution >= 4 is 11.1 Å².